The molecule has 1 amide bonds. The summed E-state index contributed by atoms with van der Waals surface area (Å²) in [6, 6.07) is 18.4. The molecule has 1 saturated heterocycles. The predicted molar refractivity (Wildman–Crippen MR) is 156 cm³/mol. The average molecular weight is 608 g/mol. The first-order valence-corrected chi connectivity index (χ1v) is 14.7. The lowest BCUT2D eigenvalue weighted by atomic mass is 9.95. The zero-order valence-corrected chi connectivity index (χ0v) is 24.0. The SMILES string of the molecule is COc1ccc([C@@H]2C(=C(O)c3ccc4c(c3)OCCO4)C(=O)C(=O)N2c2nnc(SCc3ccc(Cl)cc3)s2)cc1. The number of ether oxygens (including phenoxy) is 3. The first-order chi connectivity index (χ1) is 19.9. The van der Waals surface area contributed by atoms with E-state index in [1.54, 1.807) is 49.6 Å². The maximum absolute atomic E-state index is 13.5. The van der Waals surface area contributed by atoms with Crippen molar-refractivity contribution < 1.29 is 28.9 Å². The number of Topliss-reactive ketones (excluding diaryl/α,β-unsaturated/α-hetero) is 1. The quantitative estimate of drug-likeness (QED) is 0.0903. The number of hydrogen-bond acceptors (Lipinski definition) is 10. The Hall–Kier alpha value is -4.06. The molecular weight excluding hydrogens is 586 g/mol. The maximum atomic E-state index is 13.5. The van der Waals surface area contributed by atoms with Gasteiger partial charge in [0.25, 0.3) is 5.78 Å². The summed E-state index contributed by atoms with van der Waals surface area (Å²) in [5.74, 6) is 0.245. The van der Waals surface area contributed by atoms with Crippen LogP contribution in [0.2, 0.25) is 5.02 Å². The number of halogens is 1. The number of ketones is 1. The van der Waals surface area contributed by atoms with E-state index in [4.69, 9.17) is 25.8 Å². The Morgan fingerprint density at radius 2 is 1.78 bits per heavy atom. The lowest BCUT2D eigenvalue weighted by molar-refractivity contribution is -0.132. The van der Waals surface area contributed by atoms with E-state index in [0.29, 0.717) is 56.7 Å². The first kappa shape index (κ1) is 27.1. The molecule has 6 rings (SSSR count). The van der Waals surface area contributed by atoms with Crippen molar-refractivity contribution in [1.82, 2.24) is 10.2 Å². The Labute approximate surface area is 248 Å². The van der Waals surface area contributed by atoms with Crippen LogP contribution in [0.15, 0.2) is 76.6 Å². The van der Waals surface area contributed by atoms with Crippen molar-refractivity contribution in [2.75, 3.05) is 25.2 Å². The van der Waals surface area contributed by atoms with Crippen molar-refractivity contribution in [1.29, 1.82) is 0 Å². The van der Waals surface area contributed by atoms with Crippen LogP contribution in [0.25, 0.3) is 5.76 Å². The second-order valence-electron chi connectivity index (χ2n) is 9.07. The molecule has 1 atom stereocenters. The van der Waals surface area contributed by atoms with Crippen LogP contribution in [0.3, 0.4) is 0 Å². The highest BCUT2D eigenvalue weighted by molar-refractivity contribution is 8.00. The third kappa shape index (κ3) is 5.35. The molecule has 2 aliphatic heterocycles. The number of aromatic nitrogens is 2. The topological polar surface area (TPSA) is 111 Å². The molecule has 9 nitrogen and oxygen atoms in total. The standard InChI is InChI=1S/C29H22ClN3O6S2/c1-37-20-9-4-17(5-10-20)24-23(25(34)18-6-11-21-22(14-18)39-13-12-38-21)26(35)27(36)33(24)28-31-32-29(41-28)40-15-16-2-7-19(30)8-3-16/h2-11,14,24,34H,12-13,15H2,1H3/t24-/m1/s1. The van der Waals surface area contributed by atoms with Gasteiger partial charge in [0.1, 0.15) is 24.7 Å². The van der Waals surface area contributed by atoms with Gasteiger partial charge in [-0.25, -0.2) is 0 Å². The Bertz CT molecular complexity index is 1660. The van der Waals surface area contributed by atoms with Crippen LogP contribution >= 0.6 is 34.7 Å². The fourth-order valence-corrected chi connectivity index (χ4v) is 6.51. The second-order valence-corrected chi connectivity index (χ2v) is 11.7. The van der Waals surface area contributed by atoms with E-state index in [-0.39, 0.29) is 16.5 Å². The number of rotatable bonds is 7. The highest BCUT2D eigenvalue weighted by Crippen LogP contribution is 2.45. The summed E-state index contributed by atoms with van der Waals surface area (Å²) in [5.41, 5.74) is 1.90. The molecule has 3 heterocycles. The molecule has 0 spiro atoms. The third-order valence-corrected chi connectivity index (χ3v) is 8.95. The van der Waals surface area contributed by atoms with Crippen molar-refractivity contribution in [2.45, 2.75) is 16.1 Å². The van der Waals surface area contributed by atoms with Crippen LogP contribution in [0, 0.1) is 0 Å². The molecule has 3 aromatic carbocycles. The van der Waals surface area contributed by atoms with E-state index < -0.39 is 17.7 Å². The van der Waals surface area contributed by atoms with Gasteiger partial charge < -0.3 is 19.3 Å². The number of fused-ring (bicyclic) bond motifs is 1. The molecule has 0 radical (unpaired) electrons. The summed E-state index contributed by atoms with van der Waals surface area (Å²) in [4.78, 5) is 28.3. The average Bonchev–Trinajstić information content (AvgIpc) is 3.58. The number of methoxy groups -OCH3 is 1. The molecule has 1 N–H and O–H groups in total. The smallest absolute Gasteiger partial charge is 0.301 e. The van der Waals surface area contributed by atoms with Crippen LogP contribution in [0.4, 0.5) is 5.13 Å². The fraction of sp³-hybridized carbons (Fsp3) is 0.172. The van der Waals surface area contributed by atoms with Gasteiger partial charge in [-0.15, -0.1) is 10.2 Å². The van der Waals surface area contributed by atoms with Crippen LogP contribution in [-0.2, 0) is 15.3 Å². The Kier molecular flexibility index (Phi) is 7.57. The van der Waals surface area contributed by atoms with Gasteiger partial charge in [-0.2, -0.15) is 0 Å². The largest absolute Gasteiger partial charge is 0.507 e. The summed E-state index contributed by atoms with van der Waals surface area (Å²) in [7, 11) is 1.55. The minimum Gasteiger partial charge on any atom is -0.507 e. The number of anilines is 1. The van der Waals surface area contributed by atoms with Gasteiger partial charge in [-0.05, 0) is 53.6 Å². The van der Waals surface area contributed by atoms with E-state index in [2.05, 4.69) is 10.2 Å². The number of thioether (sulfide) groups is 1. The van der Waals surface area contributed by atoms with E-state index in [1.807, 2.05) is 24.3 Å². The number of carbonyl (C=O) groups excluding carboxylic acids is 2. The molecule has 41 heavy (non-hydrogen) atoms. The zero-order valence-electron chi connectivity index (χ0n) is 21.6. The molecule has 1 fully saturated rings. The normalized spacial score (nSPS) is 17.6. The highest BCUT2D eigenvalue weighted by Gasteiger charge is 2.48. The molecule has 12 heteroatoms. The number of hydrogen-bond donors (Lipinski definition) is 1. The molecule has 4 aromatic rings. The van der Waals surface area contributed by atoms with Gasteiger partial charge in [0.15, 0.2) is 15.8 Å². The van der Waals surface area contributed by atoms with Crippen molar-refractivity contribution in [3.8, 4) is 17.2 Å². The Morgan fingerprint density at radius 1 is 1.05 bits per heavy atom. The molecule has 0 bridgehead atoms. The van der Waals surface area contributed by atoms with E-state index >= 15 is 0 Å². The summed E-state index contributed by atoms with van der Waals surface area (Å²) in [5, 5.41) is 20.9. The molecular formula is C29H22ClN3O6S2. The lowest BCUT2D eigenvalue weighted by Gasteiger charge is -2.23. The number of aliphatic hydroxyl groups excluding tert-OH is 1. The molecule has 2 aliphatic rings. The van der Waals surface area contributed by atoms with Gasteiger partial charge in [-0.3, -0.25) is 14.5 Å². The second kappa shape index (κ2) is 11.4. The van der Waals surface area contributed by atoms with Crippen LogP contribution < -0.4 is 19.1 Å². The summed E-state index contributed by atoms with van der Waals surface area (Å²) in [6.45, 7) is 0.783. The van der Waals surface area contributed by atoms with Crippen molar-refractivity contribution >= 4 is 57.3 Å². The summed E-state index contributed by atoms with van der Waals surface area (Å²) < 4.78 is 17.1. The first-order valence-electron chi connectivity index (χ1n) is 12.5. The Morgan fingerprint density at radius 3 is 2.51 bits per heavy atom. The van der Waals surface area contributed by atoms with Crippen LogP contribution in [0.5, 0.6) is 17.2 Å². The zero-order chi connectivity index (χ0) is 28.5. The number of amides is 1. The number of carbonyl (C=O) groups is 2. The molecule has 0 unspecified atom stereocenters. The molecule has 0 aliphatic carbocycles. The Balaban J connectivity index is 1.38. The van der Waals surface area contributed by atoms with Crippen molar-refractivity contribution in [3.05, 3.63) is 94.0 Å². The maximum Gasteiger partial charge on any atom is 0.301 e. The summed E-state index contributed by atoms with van der Waals surface area (Å²) in [6.07, 6.45) is 0. The number of benzene rings is 3. The van der Waals surface area contributed by atoms with Crippen molar-refractivity contribution in [2.24, 2.45) is 0 Å². The van der Waals surface area contributed by atoms with Gasteiger partial charge in [-0.1, -0.05) is 59.0 Å². The lowest BCUT2D eigenvalue weighted by Crippen LogP contribution is -2.29. The monoisotopic (exact) mass is 607 g/mol. The van der Waals surface area contributed by atoms with Gasteiger partial charge in [0, 0.05) is 16.3 Å². The minimum absolute atomic E-state index is 0.0672. The van der Waals surface area contributed by atoms with Gasteiger partial charge in [0.2, 0.25) is 5.13 Å². The number of aliphatic hydroxyl groups is 1. The third-order valence-electron chi connectivity index (χ3n) is 6.57. The molecule has 208 valence electrons. The molecule has 0 saturated carbocycles. The number of nitrogens with zero attached hydrogens (tertiary/aromatic N) is 3. The minimum atomic E-state index is -0.948. The summed E-state index contributed by atoms with van der Waals surface area (Å²) >= 11 is 8.63. The molecule has 1 aromatic heterocycles. The van der Waals surface area contributed by atoms with Gasteiger partial charge in [0.05, 0.1) is 18.7 Å². The van der Waals surface area contributed by atoms with E-state index in [9.17, 15) is 14.7 Å². The van der Waals surface area contributed by atoms with Crippen LogP contribution in [-0.4, -0.2) is 47.3 Å². The van der Waals surface area contributed by atoms with E-state index in [0.717, 1.165) is 5.56 Å². The highest BCUT2D eigenvalue weighted by atomic mass is 35.5. The predicted octanol–water partition coefficient (Wildman–Crippen LogP) is 5.89. The van der Waals surface area contributed by atoms with E-state index in [1.165, 1.54) is 28.0 Å². The van der Waals surface area contributed by atoms with Crippen LogP contribution in [0.1, 0.15) is 22.7 Å². The fourth-order valence-electron chi connectivity index (χ4n) is 4.56. The van der Waals surface area contributed by atoms with Gasteiger partial charge >= 0.3 is 5.91 Å². The van der Waals surface area contributed by atoms with Crippen molar-refractivity contribution in [3.63, 3.8) is 0 Å².